The van der Waals surface area contributed by atoms with Gasteiger partial charge in [-0.3, -0.25) is 14.9 Å². The summed E-state index contributed by atoms with van der Waals surface area (Å²) in [6, 6.07) is 2.98. The Morgan fingerprint density at radius 3 is 2.65 bits per heavy atom. The molecule has 0 radical (unpaired) electrons. The Hall–Kier alpha value is -2.68. The highest BCUT2D eigenvalue weighted by molar-refractivity contribution is 5.91. The van der Waals surface area contributed by atoms with Gasteiger partial charge in [-0.15, -0.1) is 0 Å². The van der Waals surface area contributed by atoms with Gasteiger partial charge in [0.05, 0.1) is 11.0 Å². The minimum Gasteiger partial charge on any atom is -0.490 e. The summed E-state index contributed by atoms with van der Waals surface area (Å²) in [6.07, 6.45) is 2.55. The summed E-state index contributed by atoms with van der Waals surface area (Å²) >= 11 is 0. The Kier molecular flexibility index (Phi) is 5.08. The summed E-state index contributed by atoms with van der Waals surface area (Å²) in [5.41, 5.74) is -0.545. The first kappa shape index (κ1) is 18.1. The first-order valence-electron chi connectivity index (χ1n) is 8.51. The second-order valence-corrected chi connectivity index (χ2v) is 6.78. The van der Waals surface area contributed by atoms with Gasteiger partial charge < -0.3 is 20.3 Å². The van der Waals surface area contributed by atoms with Gasteiger partial charge in [0.15, 0.2) is 0 Å². The van der Waals surface area contributed by atoms with E-state index in [9.17, 15) is 29.9 Å². The molecule has 1 heterocycles. The third kappa shape index (κ3) is 3.62. The second kappa shape index (κ2) is 7.28. The number of nitrogens with zero attached hydrogens (tertiary/aromatic N) is 1. The molecule has 4 atom stereocenters. The van der Waals surface area contributed by atoms with E-state index in [-0.39, 0.29) is 34.9 Å². The number of hydrogen-bond donors (Lipinski definition) is 3. The van der Waals surface area contributed by atoms with Crippen LogP contribution < -0.4 is 10.1 Å². The molecular weight excluding hydrogens is 344 g/mol. The Balaban J connectivity index is 1.73. The third-order valence-corrected chi connectivity index (χ3v) is 5.26. The molecule has 9 nitrogen and oxygen atoms in total. The van der Waals surface area contributed by atoms with Crippen LogP contribution >= 0.6 is 0 Å². The van der Waals surface area contributed by atoms with Crippen LogP contribution in [-0.4, -0.2) is 45.8 Å². The van der Waals surface area contributed by atoms with Crippen molar-refractivity contribution in [3.63, 3.8) is 0 Å². The molecule has 1 aliphatic heterocycles. The number of fused-ring (bicyclic) bond motifs is 1. The lowest BCUT2D eigenvalue weighted by molar-refractivity contribution is -0.384. The fraction of sp³-hybridized carbons (Fsp3) is 0.529. The van der Waals surface area contributed by atoms with Gasteiger partial charge in [0, 0.05) is 12.1 Å². The van der Waals surface area contributed by atoms with E-state index in [4.69, 9.17) is 4.74 Å². The summed E-state index contributed by atoms with van der Waals surface area (Å²) in [5, 5.41) is 32.5. The molecule has 0 spiro atoms. The van der Waals surface area contributed by atoms with Gasteiger partial charge in [-0.2, -0.15) is 0 Å². The van der Waals surface area contributed by atoms with E-state index in [2.05, 4.69) is 5.32 Å². The second-order valence-electron chi connectivity index (χ2n) is 6.78. The van der Waals surface area contributed by atoms with Gasteiger partial charge >= 0.3 is 11.9 Å². The van der Waals surface area contributed by atoms with Crippen LogP contribution in [0, 0.1) is 22.0 Å². The summed E-state index contributed by atoms with van der Waals surface area (Å²) < 4.78 is 5.86. The average Bonchev–Trinajstić information content (AvgIpc) is 2.60. The molecule has 0 bridgehead atoms. The quantitative estimate of drug-likeness (QED) is 0.532. The summed E-state index contributed by atoms with van der Waals surface area (Å²) in [4.78, 5) is 33.0. The van der Waals surface area contributed by atoms with E-state index in [1.807, 2.05) is 0 Å². The molecule has 2 fully saturated rings. The molecule has 0 amide bonds. The zero-order chi connectivity index (χ0) is 18.8. The number of non-ortho nitro benzene ring substituents is 1. The maximum absolute atomic E-state index is 11.4. The Morgan fingerprint density at radius 1 is 1.23 bits per heavy atom. The number of ether oxygens (including phenoxy) is 1. The fourth-order valence-corrected chi connectivity index (χ4v) is 4.05. The summed E-state index contributed by atoms with van der Waals surface area (Å²) in [5.74, 6) is -1.79. The standard InChI is InChI=1S/C17H20N2O7/c20-16(21)13-8-10(19(24)25)1-4-14(13)26-11-2-3-12-9(7-11)5-6-18-15(12)17(22)23/h1,4,8-9,11-12,15,18H,2-3,5-7H2,(H,20,21)(H,22,23). The molecule has 2 aliphatic rings. The van der Waals surface area contributed by atoms with Gasteiger partial charge in [-0.05, 0) is 50.1 Å². The van der Waals surface area contributed by atoms with Crippen molar-refractivity contribution in [1.82, 2.24) is 5.32 Å². The number of rotatable bonds is 5. The number of benzene rings is 1. The monoisotopic (exact) mass is 364 g/mol. The number of hydrogen-bond acceptors (Lipinski definition) is 6. The number of piperidine rings is 1. The minimum atomic E-state index is -1.29. The van der Waals surface area contributed by atoms with E-state index >= 15 is 0 Å². The molecule has 4 unspecified atom stereocenters. The Bertz CT molecular complexity index is 736. The van der Waals surface area contributed by atoms with Crippen LogP contribution in [0.25, 0.3) is 0 Å². The van der Waals surface area contributed by atoms with Crippen molar-refractivity contribution in [1.29, 1.82) is 0 Å². The molecule has 9 heteroatoms. The molecule has 1 aliphatic carbocycles. The SMILES string of the molecule is O=C(O)c1cc([N+](=O)[O-])ccc1OC1CCC2C(CCNC2C(=O)O)C1. The van der Waals surface area contributed by atoms with Crippen molar-refractivity contribution in [3.8, 4) is 5.75 Å². The highest BCUT2D eigenvalue weighted by atomic mass is 16.6. The lowest BCUT2D eigenvalue weighted by Gasteiger charge is -2.42. The van der Waals surface area contributed by atoms with Crippen LogP contribution in [0.1, 0.15) is 36.0 Å². The Morgan fingerprint density at radius 2 is 2.00 bits per heavy atom. The molecule has 3 N–H and O–H groups in total. The summed E-state index contributed by atoms with van der Waals surface area (Å²) in [7, 11) is 0. The topological polar surface area (TPSA) is 139 Å². The van der Waals surface area contributed by atoms with E-state index < -0.39 is 22.9 Å². The van der Waals surface area contributed by atoms with Crippen molar-refractivity contribution in [2.24, 2.45) is 11.8 Å². The predicted octanol–water partition coefficient (Wildman–Crippen LogP) is 1.90. The van der Waals surface area contributed by atoms with E-state index in [1.165, 1.54) is 12.1 Å². The van der Waals surface area contributed by atoms with E-state index in [0.717, 1.165) is 12.5 Å². The van der Waals surface area contributed by atoms with Gasteiger partial charge in [0.25, 0.3) is 5.69 Å². The number of carboxylic acid groups (broad SMARTS) is 2. The normalized spacial score (nSPS) is 28.0. The van der Waals surface area contributed by atoms with Crippen molar-refractivity contribution in [2.45, 2.75) is 37.8 Å². The first-order chi connectivity index (χ1) is 12.4. The molecule has 26 heavy (non-hydrogen) atoms. The molecule has 140 valence electrons. The maximum atomic E-state index is 11.4. The highest BCUT2D eigenvalue weighted by Gasteiger charge is 2.41. The number of nitro groups is 1. The predicted molar refractivity (Wildman–Crippen MR) is 89.3 cm³/mol. The zero-order valence-corrected chi connectivity index (χ0v) is 14.0. The first-order valence-corrected chi connectivity index (χ1v) is 8.51. The van der Waals surface area contributed by atoms with Crippen LogP contribution in [0.2, 0.25) is 0 Å². The number of aromatic carboxylic acids is 1. The molecule has 1 aromatic carbocycles. The molecule has 1 saturated heterocycles. The smallest absolute Gasteiger partial charge is 0.339 e. The number of nitrogens with one attached hydrogen (secondary N) is 1. The average molecular weight is 364 g/mol. The van der Waals surface area contributed by atoms with Crippen molar-refractivity contribution in [3.05, 3.63) is 33.9 Å². The van der Waals surface area contributed by atoms with E-state index in [1.54, 1.807) is 0 Å². The van der Waals surface area contributed by atoms with Gasteiger partial charge in [-0.25, -0.2) is 4.79 Å². The largest absolute Gasteiger partial charge is 0.490 e. The van der Waals surface area contributed by atoms with Gasteiger partial charge in [0.1, 0.15) is 17.4 Å². The maximum Gasteiger partial charge on any atom is 0.339 e. The van der Waals surface area contributed by atoms with E-state index in [0.29, 0.717) is 25.8 Å². The van der Waals surface area contributed by atoms with Crippen LogP contribution in [-0.2, 0) is 4.79 Å². The minimum absolute atomic E-state index is 0.0388. The van der Waals surface area contributed by atoms with Crippen molar-refractivity contribution >= 4 is 17.6 Å². The molecule has 1 saturated carbocycles. The number of carbonyl (C=O) groups is 2. The summed E-state index contributed by atoms with van der Waals surface area (Å²) in [6.45, 7) is 0.628. The van der Waals surface area contributed by atoms with Crippen LogP contribution in [0.5, 0.6) is 5.75 Å². The zero-order valence-electron chi connectivity index (χ0n) is 14.0. The molecule has 1 aromatic rings. The van der Waals surface area contributed by atoms with Crippen LogP contribution in [0.15, 0.2) is 18.2 Å². The number of carboxylic acids is 2. The lowest BCUT2D eigenvalue weighted by atomic mass is 9.70. The lowest BCUT2D eigenvalue weighted by Crippen LogP contribution is -2.53. The highest BCUT2D eigenvalue weighted by Crippen LogP contribution is 2.39. The van der Waals surface area contributed by atoms with Crippen LogP contribution in [0.3, 0.4) is 0 Å². The van der Waals surface area contributed by atoms with Crippen molar-refractivity contribution in [2.75, 3.05) is 6.54 Å². The molecule has 0 aromatic heterocycles. The van der Waals surface area contributed by atoms with Crippen molar-refractivity contribution < 1.29 is 29.5 Å². The number of aliphatic carboxylic acids is 1. The van der Waals surface area contributed by atoms with Crippen LogP contribution in [0.4, 0.5) is 5.69 Å². The fourth-order valence-electron chi connectivity index (χ4n) is 4.05. The van der Waals surface area contributed by atoms with Gasteiger partial charge in [0.2, 0.25) is 0 Å². The number of nitro benzene ring substituents is 1. The Labute approximate surface area is 149 Å². The molecule has 3 rings (SSSR count). The molecular formula is C17H20N2O7. The third-order valence-electron chi connectivity index (χ3n) is 5.26. The van der Waals surface area contributed by atoms with Gasteiger partial charge in [-0.1, -0.05) is 0 Å².